The van der Waals surface area contributed by atoms with Crippen molar-refractivity contribution in [3.05, 3.63) is 333 Å². The van der Waals surface area contributed by atoms with Gasteiger partial charge in [-0.2, -0.15) is 0 Å². The predicted octanol–water partition coefficient (Wildman–Crippen LogP) is 13.8. The molecule has 0 atom stereocenters. The average Bonchev–Trinajstić information content (AvgIpc) is 1.08. The van der Waals surface area contributed by atoms with Gasteiger partial charge in [0.25, 0.3) is 6.71 Å². The second-order valence-electron chi connectivity index (χ2n) is 25.3. The number of aryl methyl sites for hydroxylation is 1. The highest BCUT2D eigenvalue weighted by Gasteiger charge is 2.47. The molecule has 3 heterocycles. The minimum atomic E-state index is -3.05. The fourth-order valence-corrected chi connectivity index (χ4v) is 22.6. The predicted molar refractivity (Wildman–Crippen MR) is 386 cm³/mol. The molecule has 0 saturated heterocycles. The van der Waals surface area contributed by atoms with Crippen molar-refractivity contribution in [2.24, 2.45) is 0 Å². The molecule has 89 heavy (non-hydrogen) atoms. The minimum Gasteiger partial charge on any atom is -0.311 e. The second kappa shape index (κ2) is 21.9. The summed E-state index contributed by atoms with van der Waals surface area (Å²) in [6, 6.07) is 123. The molecule has 0 bridgehead atoms. The molecule has 3 nitrogen and oxygen atoms in total. The molecule has 0 spiro atoms. The molecule has 0 radical (unpaired) electrons. The van der Waals surface area contributed by atoms with Crippen molar-refractivity contribution in [1.82, 2.24) is 4.57 Å². The molecule has 0 aliphatic carbocycles. The highest BCUT2D eigenvalue weighted by atomic mass is 28.3. The molecule has 14 aromatic rings. The van der Waals surface area contributed by atoms with Gasteiger partial charge in [-0.3, -0.25) is 0 Å². The first kappa shape index (κ1) is 54.2. The van der Waals surface area contributed by atoms with Gasteiger partial charge in [-0.1, -0.05) is 303 Å². The van der Waals surface area contributed by atoms with Crippen molar-refractivity contribution in [1.29, 1.82) is 0 Å². The first-order chi connectivity index (χ1) is 43.7. The Morgan fingerprint density at radius 1 is 0.337 bits per heavy atom. The van der Waals surface area contributed by atoms with E-state index in [9.17, 15) is 0 Å². The molecule has 424 valence electrons. The van der Waals surface area contributed by atoms with E-state index in [2.05, 4.69) is 364 Å². The summed E-state index contributed by atoms with van der Waals surface area (Å²) in [6.45, 7) is 8.91. The number of aromatic nitrogens is 1. The quantitative estimate of drug-likeness (QED) is 0.0945. The lowest BCUT2D eigenvalue weighted by molar-refractivity contribution is 0.590. The Kier molecular flexibility index (Phi) is 13.3. The summed E-state index contributed by atoms with van der Waals surface area (Å²) in [7, 11) is -4.93. The Balaban J connectivity index is 1.03. The van der Waals surface area contributed by atoms with E-state index >= 15 is 0 Å². The number of hydrogen-bond acceptors (Lipinski definition) is 2. The fourth-order valence-electron chi connectivity index (χ4n) is 14.9. The van der Waals surface area contributed by atoms with Gasteiger partial charge < -0.3 is 14.4 Å². The van der Waals surface area contributed by atoms with E-state index in [0.29, 0.717) is 0 Å². The van der Waals surface area contributed by atoms with Gasteiger partial charge in [0, 0.05) is 44.9 Å². The zero-order valence-corrected chi connectivity index (χ0v) is 52.8. The fraction of sp³-hybridized carbons (Fsp3) is 0.0602. The van der Waals surface area contributed by atoms with Gasteiger partial charge >= 0.3 is 0 Å². The third-order valence-electron chi connectivity index (χ3n) is 19.1. The van der Waals surface area contributed by atoms with Crippen LogP contribution in [0.3, 0.4) is 0 Å². The molecule has 0 amide bonds. The summed E-state index contributed by atoms with van der Waals surface area (Å²) >= 11 is 0. The molecule has 0 saturated carbocycles. The van der Waals surface area contributed by atoms with Crippen LogP contribution in [-0.2, 0) is 5.41 Å². The second-order valence-corrected chi connectivity index (χ2v) is 32.0. The number of fused-ring (bicyclic) bond motifs is 7. The highest BCUT2D eigenvalue weighted by Crippen LogP contribution is 2.47. The average molecular weight is 1170 g/mol. The van der Waals surface area contributed by atoms with Gasteiger partial charge in [-0.15, -0.1) is 0 Å². The molecule has 0 N–H and O–H groups in total. The zero-order valence-electron chi connectivity index (χ0n) is 50.6. The van der Waals surface area contributed by atoms with E-state index in [4.69, 9.17) is 0 Å². The standard InChI is InChI=1S/C83H66BN3Si2/c1-58-38-45-62(46-39-58)85-78-52-42-60(59-40-43-61(44-41-59)83(2,3)4)54-74(78)84-75-57-71(89(68-28-14-7-15-29-68,69-30-16-8-17-31-69)70-32-18-9-19-33-70)51-53-79(75)86(63-47-49-67(50-48-63)88(65-24-10-5-11-25-65)66-26-12-6-13-27-66)81-56-64(55-80(85)82(81)84)87-76-36-22-20-34-72(76)73-35-21-23-37-77(73)87/h5-57,88H,1-4H3. The molecule has 1 aromatic heterocycles. The van der Waals surface area contributed by atoms with Crippen LogP contribution in [0.1, 0.15) is 31.9 Å². The zero-order chi connectivity index (χ0) is 59.8. The summed E-state index contributed by atoms with van der Waals surface area (Å²) in [5, 5.41) is 12.1. The Hall–Kier alpha value is -10.2. The van der Waals surface area contributed by atoms with E-state index in [0.717, 1.165) is 22.7 Å². The normalized spacial score (nSPS) is 12.8. The van der Waals surface area contributed by atoms with E-state index in [1.807, 2.05) is 0 Å². The van der Waals surface area contributed by atoms with Gasteiger partial charge in [0.05, 0.1) is 16.7 Å². The maximum Gasteiger partial charge on any atom is 0.252 e. The first-order valence-electron chi connectivity index (χ1n) is 31.3. The summed E-state index contributed by atoms with van der Waals surface area (Å²) in [4.78, 5) is 5.21. The van der Waals surface area contributed by atoms with Gasteiger partial charge in [0.15, 0.2) is 8.07 Å². The summed E-state index contributed by atoms with van der Waals surface area (Å²) in [5.41, 5.74) is 19.2. The third-order valence-corrected chi connectivity index (χ3v) is 27.0. The van der Waals surface area contributed by atoms with Gasteiger partial charge in [0.1, 0.15) is 8.80 Å². The highest BCUT2D eigenvalue weighted by molar-refractivity contribution is 7.20. The lowest BCUT2D eigenvalue weighted by Crippen LogP contribution is -2.75. The van der Waals surface area contributed by atoms with Gasteiger partial charge in [0.2, 0.25) is 0 Å². The van der Waals surface area contributed by atoms with Crippen LogP contribution in [-0.4, -0.2) is 28.2 Å². The van der Waals surface area contributed by atoms with Crippen LogP contribution < -0.4 is 62.5 Å². The smallest absolute Gasteiger partial charge is 0.252 e. The molecule has 2 aliphatic rings. The van der Waals surface area contributed by atoms with Crippen LogP contribution in [0.5, 0.6) is 0 Å². The van der Waals surface area contributed by atoms with Crippen molar-refractivity contribution in [2.45, 2.75) is 33.1 Å². The van der Waals surface area contributed by atoms with Crippen molar-refractivity contribution in [2.75, 3.05) is 9.80 Å². The summed E-state index contributed by atoms with van der Waals surface area (Å²) in [5.74, 6) is 0. The summed E-state index contributed by atoms with van der Waals surface area (Å²) < 4.78 is 2.51. The SMILES string of the molecule is Cc1ccc(N2c3ccc(-c4ccc(C(C)(C)C)cc4)cc3B3c4cc([Si](c5ccccc5)(c5ccccc5)c5ccccc5)ccc4N(c4ccc([SiH](c5ccccc5)c5ccccc5)cc4)c4cc(-n5c6ccccc6c6ccccc65)cc2c43)cc1. The molecule has 6 heteroatoms. The molecule has 0 fully saturated rings. The molecule has 0 unspecified atom stereocenters. The number of anilines is 6. The number of rotatable bonds is 11. The Morgan fingerprint density at radius 3 is 1.25 bits per heavy atom. The maximum absolute atomic E-state index is 3.05. The van der Waals surface area contributed by atoms with Gasteiger partial charge in [-0.25, -0.2) is 0 Å². The van der Waals surface area contributed by atoms with Crippen LogP contribution in [0, 0.1) is 6.92 Å². The van der Waals surface area contributed by atoms with Crippen LogP contribution in [0.15, 0.2) is 322 Å². The monoisotopic (exact) mass is 1170 g/mol. The van der Waals surface area contributed by atoms with Crippen LogP contribution in [0.25, 0.3) is 38.6 Å². The Bertz CT molecular complexity index is 4740. The van der Waals surface area contributed by atoms with Crippen molar-refractivity contribution in [3.8, 4) is 16.8 Å². The Morgan fingerprint density at radius 2 is 0.753 bits per heavy atom. The van der Waals surface area contributed by atoms with Crippen molar-refractivity contribution in [3.63, 3.8) is 0 Å². The topological polar surface area (TPSA) is 11.4 Å². The molecule has 16 rings (SSSR count). The lowest BCUT2D eigenvalue weighted by atomic mass is 9.33. The molecule has 13 aromatic carbocycles. The molecular formula is C83H66BN3Si2. The number of para-hydroxylation sites is 2. The molecule has 2 aliphatic heterocycles. The van der Waals surface area contributed by atoms with E-state index in [-0.39, 0.29) is 12.1 Å². The largest absolute Gasteiger partial charge is 0.311 e. The van der Waals surface area contributed by atoms with E-state index < -0.39 is 16.9 Å². The van der Waals surface area contributed by atoms with Crippen molar-refractivity contribution < 1.29 is 0 Å². The number of nitrogens with zero attached hydrogens (tertiary/aromatic N) is 3. The van der Waals surface area contributed by atoms with Crippen LogP contribution in [0.4, 0.5) is 34.1 Å². The van der Waals surface area contributed by atoms with Crippen molar-refractivity contribution >= 4 is 132 Å². The molecular weight excluding hydrogens is 1110 g/mol. The van der Waals surface area contributed by atoms with E-state index in [1.54, 1.807) is 0 Å². The lowest BCUT2D eigenvalue weighted by Gasteiger charge is -2.45. The summed E-state index contributed by atoms with van der Waals surface area (Å²) in [6.07, 6.45) is 0. The number of hydrogen-bond donors (Lipinski definition) is 0. The maximum atomic E-state index is 2.66. The van der Waals surface area contributed by atoms with Gasteiger partial charge in [-0.05, 0) is 127 Å². The third kappa shape index (κ3) is 9.08. The van der Waals surface area contributed by atoms with Crippen LogP contribution in [0.2, 0.25) is 0 Å². The number of benzene rings is 13. The first-order valence-corrected chi connectivity index (χ1v) is 35.0. The van der Waals surface area contributed by atoms with E-state index in [1.165, 1.54) is 114 Å². The van der Waals surface area contributed by atoms with Crippen LogP contribution >= 0.6 is 0 Å². The Labute approximate surface area is 525 Å². The minimum absolute atomic E-state index is 0.0298.